The molecule has 0 saturated heterocycles. The average molecular weight is 377 g/mol. The maximum absolute atomic E-state index is 12.9. The minimum absolute atomic E-state index is 0.211. The second-order valence-corrected chi connectivity index (χ2v) is 8.34. The van der Waals surface area contributed by atoms with Crippen molar-refractivity contribution < 1.29 is 17.5 Å². The highest BCUT2D eigenvalue weighted by molar-refractivity contribution is 7.89. The molecule has 0 heterocycles. The smallest absolute Gasteiger partial charge is 0.244 e. The summed E-state index contributed by atoms with van der Waals surface area (Å²) in [6.07, 6.45) is 5.42. The van der Waals surface area contributed by atoms with Crippen molar-refractivity contribution in [2.24, 2.45) is 0 Å². The summed E-state index contributed by atoms with van der Waals surface area (Å²) < 4.78 is 46.3. The van der Waals surface area contributed by atoms with Crippen LogP contribution in [0.1, 0.15) is 36.0 Å². The maximum Gasteiger partial charge on any atom is 0.244 e. The molecular formula is C20H24FNO3S. The van der Waals surface area contributed by atoms with Crippen LogP contribution in [0.4, 0.5) is 4.39 Å². The summed E-state index contributed by atoms with van der Waals surface area (Å²) in [4.78, 5) is 0.211. The third-order valence-electron chi connectivity index (χ3n) is 4.77. The number of aryl methyl sites for hydroxylation is 3. The molecule has 0 unspecified atom stereocenters. The highest BCUT2D eigenvalue weighted by atomic mass is 32.2. The van der Waals surface area contributed by atoms with Gasteiger partial charge in [0.1, 0.15) is 16.5 Å². The Morgan fingerprint density at radius 2 is 1.73 bits per heavy atom. The summed E-state index contributed by atoms with van der Waals surface area (Å²) in [7, 11) is -2.13. The topological polar surface area (TPSA) is 55.4 Å². The molecule has 1 aliphatic carbocycles. The fraction of sp³-hybridized carbons (Fsp3) is 0.400. The Kier molecular flexibility index (Phi) is 5.94. The molecule has 0 aromatic heterocycles. The van der Waals surface area contributed by atoms with E-state index < -0.39 is 10.0 Å². The molecule has 2 aromatic carbocycles. The molecule has 26 heavy (non-hydrogen) atoms. The standard InChI is InChI=1S/C20H24FNO3S/c1-25-19-13-16-6-2-3-7-17(16)14-20(19)26(23,24)22-12-4-5-15-8-10-18(21)11-9-15/h8-11,13-14,22H,2-7,12H2,1H3. The van der Waals surface area contributed by atoms with Gasteiger partial charge in [-0.25, -0.2) is 17.5 Å². The van der Waals surface area contributed by atoms with Crippen LogP contribution in [0.2, 0.25) is 0 Å². The molecule has 0 fully saturated rings. The van der Waals surface area contributed by atoms with Crippen molar-refractivity contribution in [1.82, 2.24) is 4.72 Å². The number of rotatable bonds is 7. The van der Waals surface area contributed by atoms with E-state index in [9.17, 15) is 12.8 Å². The number of halogens is 1. The van der Waals surface area contributed by atoms with Crippen molar-refractivity contribution in [2.75, 3.05) is 13.7 Å². The van der Waals surface area contributed by atoms with Crippen LogP contribution in [-0.2, 0) is 29.3 Å². The normalized spacial score (nSPS) is 14.1. The summed E-state index contributed by atoms with van der Waals surface area (Å²) >= 11 is 0. The maximum atomic E-state index is 12.9. The number of hydrogen-bond donors (Lipinski definition) is 1. The van der Waals surface area contributed by atoms with Crippen LogP contribution in [0.3, 0.4) is 0 Å². The Morgan fingerprint density at radius 3 is 2.38 bits per heavy atom. The number of nitrogens with one attached hydrogen (secondary N) is 1. The second-order valence-electron chi connectivity index (χ2n) is 6.61. The lowest BCUT2D eigenvalue weighted by molar-refractivity contribution is 0.401. The lowest BCUT2D eigenvalue weighted by atomic mass is 9.92. The van der Waals surface area contributed by atoms with Gasteiger partial charge in [0.2, 0.25) is 10.0 Å². The lowest BCUT2D eigenvalue weighted by Gasteiger charge is -2.19. The summed E-state index contributed by atoms with van der Waals surface area (Å²) in [6.45, 7) is 0.319. The van der Waals surface area contributed by atoms with E-state index in [4.69, 9.17) is 4.74 Å². The molecule has 0 bridgehead atoms. The van der Waals surface area contributed by atoms with Crippen LogP contribution in [0.5, 0.6) is 5.75 Å². The van der Waals surface area contributed by atoms with Gasteiger partial charge in [0.05, 0.1) is 7.11 Å². The van der Waals surface area contributed by atoms with Gasteiger partial charge >= 0.3 is 0 Å². The Bertz CT molecular complexity index is 863. The van der Waals surface area contributed by atoms with Gasteiger partial charge in [0.25, 0.3) is 0 Å². The van der Waals surface area contributed by atoms with Crippen molar-refractivity contribution in [2.45, 2.75) is 43.4 Å². The molecule has 3 rings (SSSR count). The van der Waals surface area contributed by atoms with Gasteiger partial charge in [0.15, 0.2) is 0 Å². The summed E-state index contributed by atoms with van der Waals surface area (Å²) in [5, 5.41) is 0. The van der Waals surface area contributed by atoms with E-state index in [2.05, 4.69) is 4.72 Å². The minimum atomic E-state index is -3.63. The summed E-state index contributed by atoms with van der Waals surface area (Å²) in [6, 6.07) is 9.89. The monoisotopic (exact) mass is 377 g/mol. The highest BCUT2D eigenvalue weighted by Gasteiger charge is 2.22. The van der Waals surface area contributed by atoms with Gasteiger partial charge in [0, 0.05) is 6.54 Å². The minimum Gasteiger partial charge on any atom is -0.495 e. The zero-order valence-corrected chi connectivity index (χ0v) is 15.7. The molecule has 140 valence electrons. The van der Waals surface area contributed by atoms with Gasteiger partial charge in [-0.3, -0.25) is 0 Å². The molecule has 0 spiro atoms. The predicted octanol–water partition coefficient (Wildman–Crippen LogP) is 3.62. The van der Waals surface area contributed by atoms with Gasteiger partial charge in [-0.15, -0.1) is 0 Å². The average Bonchev–Trinajstić information content (AvgIpc) is 2.65. The summed E-state index contributed by atoms with van der Waals surface area (Å²) in [5.41, 5.74) is 3.27. The van der Waals surface area contributed by atoms with Crippen molar-refractivity contribution in [3.63, 3.8) is 0 Å². The van der Waals surface area contributed by atoms with E-state index in [0.29, 0.717) is 25.1 Å². The van der Waals surface area contributed by atoms with Crippen LogP contribution in [0, 0.1) is 5.82 Å². The van der Waals surface area contributed by atoms with Gasteiger partial charge < -0.3 is 4.74 Å². The number of sulfonamides is 1. The van der Waals surface area contributed by atoms with E-state index in [0.717, 1.165) is 36.8 Å². The molecule has 6 heteroatoms. The van der Waals surface area contributed by atoms with E-state index in [1.807, 2.05) is 6.07 Å². The number of ether oxygens (including phenoxy) is 1. The molecule has 4 nitrogen and oxygen atoms in total. The number of hydrogen-bond acceptors (Lipinski definition) is 3. The van der Waals surface area contributed by atoms with Crippen molar-refractivity contribution >= 4 is 10.0 Å². The van der Waals surface area contributed by atoms with Crippen LogP contribution >= 0.6 is 0 Å². The largest absolute Gasteiger partial charge is 0.495 e. The molecule has 0 saturated carbocycles. The van der Waals surface area contributed by atoms with Gasteiger partial charge in [-0.1, -0.05) is 12.1 Å². The fourth-order valence-electron chi connectivity index (χ4n) is 3.34. The molecular weight excluding hydrogens is 353 g/mol. The molecule has 0 amide bonds. The van der Waals surface area contributed by atoms with E-state index in [1.54, 1.807) is 18.2 Å². The Balaban J connectivity index is 1.66. The van der Waals surface area contributed by atoms with E-state index in [-0.39, 0.29) is 10.7 Å². The van der Waals surface area contributed by atoms with Gasteiger partial charge in [-0.05, 0) is 79.5 Å². The van der Waals surface area contributed by atoms with Crippen molar-refractivity contribution in [3.05, 3.63) is 58.9 Å². The third kappa shape index (κ3) is 4.43. The third-order valence-corrected chi connectivity index (χ3v) is 6.25. The Hall–Kier alpha value is -1.92. The van der Waals surface area contributed by atoms with Crippen LogP contribution in [-0.4, -0.2) is 22.1 Å². The van der Waals surface area contributed by atoms with Crippen LogP contribution in [0.15, 0.2) is 41.3 Å². The quantitative estimate of drug-likeness (QED) is 0.750. The first-order valence-corrected chi connectivity index (χ1v) is 10.4. The predicted molar refractivity (Wildman–Crippen MR) is 99.5 cm³/mol. The Labute approximate surface area is 154 Å². The molecule has 1 N–H and O–H groups in total. The molecule has 0 atom stereocenters. The first-order valence-electron chi connectivity index (χ1n) is 8.93. The van der Waals surface area contributed by atoms with Crippen LogP contribution in [0.25, 0.3) is 0 Å². The van der Waals surface area contributed by atoms with Crippen molar-refractivity contribution in [1.29, 1.82) is 0 Å². The fourth-order valence-corrected chi connectivity index (χ4v) is 4.61. The molecule has 0 aliphatic heterocycles. The molecule has 2 aromatic rings. The van der Waals surface area contributed by atoms with E-state index >= 15 is 0 Å². The van der Waals surface area contributed by atoms with Crippen molar-refractivity contribution in [3.8, 4) is 5.75 Å². The first kappa shape index (κ1) is 18.9. The Morgan fingerprint density at radius 1 is 1.08 bits per heavy atom. The first-order chi connectivity index (χ1) is 12.5. The molecule has 1 aliphatic rings. The SMILES string of the molecule is COc1cc2c(cc1S(=O)(=O)NCCCc1ccc(F)cc1)CCCC2. The lowest BCUT2D eigenvalue weighted by Crippen LogP contribution is -2.26. The van der Waals surface area contributed by atoms with E-state index in [1.165, 1.54) is 24.8 Å². The zero-order chi connectivity index (χ0) is 18.6. The highest BCUT2D eigenvalue weighted by Crippen LogP contribution is 2.31. The molecule has 0 radical (unpaired) electrons. The number of benzene rings is 2. The second kappa shape index (κ2) is 8.18. The summed E-state index contributed by atoms with van der Waals surface area (Å²) in [5.74, 6) is 0.130. The number of methoxy groups -OCH3 is 1. The number of fused-ring (bicyclic) bond motifs is 1. The van der Waals surface area contributed by atoms with Gasteiger partial charge in [-0.2, -0.15) is 0 Å². The van der Waals surface area contributed by atoms with Crippen LogP contribution < -0.4 is 9.46 Å². The zero-order valence-electron chi connectivity index (χ0n) is 14.9.